The predicted molar refractivity (Wildman–Crippen MR) is 131 cm³/mol. The van der Waals surface area contributed by atoms with Crippen LogP contribution in [0.1, 0.15) is 29.8 Å². The minimum absolute atomic E-state index is 0.0383. The van der Waals surface area contributed by atoms with Crippen molar-refractivity contribution in [1.82, 2.24) is 19.8 Å². The molecule has 1 aliphatic rings. The van der Waals surface area contributed by atoms with E-state index in [1.807, 2.05) is 12.4 Å². The molecule has 190 valence electrons. The largest absolute Gasteiger partial charge is 0.491 e. The van der Waals surface area contributed by atoms with Crippen LogP contribution in [-0.2, 0) is 20.8 Å². The summed E-state index contributed by atoms with van der Waals surface area (Å²) in [6, 6.07) is 5.11. The van der Waals surface area contributed by atoms with Gasteiger partial charge in [0.15, 0.2) is 0 Å². The van der Waals surface area contributed by atoms with Gasteiger partial charge in [-0.15, -0.1) is 0 Å². The number of hydrogen-bond acceptors (Lipinski definition) is 8. The first-order chi connectivity index (χ1) is 16.8. The lowest BCUT2D eigenvalue weighted by Gasteiger charge is -2.36. The van der Waals surface area contributed by atoms with Gasteiger partial charge in [0.25, 0.3) is 5.91 Å². The molecule has 0 unspecified atom stereocenters. The first-order valence-electron chi connectivity index (χ1n) is 11.6. The van der Waals surface area contributed by atoms with Gasteiger partial charge >= 0.3 is 0 Å². The number of carbonyl (C=O) groups excluding carboxylic acids is 2. The van der Waals surface area contributed by atoms with Gasteiger partial charge in [0.1, 0.15) is 25.3 Å². The van der Waals surface area contributed by atoms with Gasteiger partial charge in [-0.1, -0.05) is 6.92 Å². The average Bonchev–Trinajstić information content (AvgIpc) is 2.85. The van der Waals surface area contributed by atoms with Gasteiger partial charge in [0.05, 0.1) is 11.7 Å². The SMILES string of the molecule is COCC(=O)Nc1ccc2c(c1)C(=O)N(C)C[C@H](OC)[C@H](C)CN(Cc1cncnc1)[C@@H](C)CO2. The van der Waals surface area contributed by atoms with Crippen molar-refractivity contribution in [3.63, 3.8) is 0 Å². The first kappa shape index (κ1) is 26.5. The summed E-state index contributed by atoms with van der Waals surface area (Å²) in [7, 11) is 4.87. The van der Waals surface area contributed by atoms with Crippen molar-refractivity contribution in [1.29, 1.82) is 0 Å². The molecule has 3 rings (SSSR count). The fourth-order valence-corrected chi connectivity index (χ4v) is 4.12. The molecule has 0 bridgehead atoms. The Bertz CT molecular complexity index is 989. The minimum atomic E-state index is -0.301. The van der Waals surface area contributed by atoms with E-state index in [1.54, 1.807) is 37.3 Å². The maximum Gasteiger partial charge on any atom is 0.257 e. The molecule has 0 saturated carbocycles. The molecule has 0 radical (unpaired) electrons. The second-order valence-electron chi connectivity index (χ2n) is 8.97. The van der Waals surface area contributed by atoms with E-state index < -0.39 is 0 Å². The van der Waals surface area contributed by atoms with E-state index in [0.29, 0.717) is 36.7 Å². The molecule has 2 heterocycles. The number of hydrogen-bond donors (Lipinski definition) is 1. The van der Waals surface area contributed by atoms with Gasteiger partial charge in [-0.3, -0.25) is 14.5 Å². The highest BCUT2D eigenvalue weighted by atomic mass is 16.5. The molecule has 0 aliphatic carbocycles. The molecule has 1 N–H and O–H groups in total. The number of benzene rings is 1. The summed E-state index contributed by atoms with van der Waals surface area (Å²) in [6.07, 6.45) is 4.98. The van der Waals surface area contributed by atoms with Gasteiger partial charge in [-0.25, -0.2) is 9.97 Å². The lowest BCUT2D eigenvalue weighted by molar-refractivity contribution is -0.119. The normalized spacial score (nSPS) is 21.9. The third-order valence-electron chi connectivity index (χ3n) is 6.13. The lowest BCUT2D eigenvalue weighted by atomic mass is 10.0. The van der Waals surface area contributed by atoms with E-state index in [9.17, 15) is 9.59 Å². The Morgan fingerprint density at radius 1 is 1.20 bits per heavy atom. The van der Waals surface area contributed by atoms with E-state index in [1.165, 1.54) is 13.4 Å². The minimum Gasteiger partial charge on any atom is -0.491 e. The summed E-state index contributed by atoms with van der Waals surface area (Å²) in [6.45, 7) is 6.34. The summed E-state index contributed by atoms with van der Waals surface area (Å²) in [5.74, 6) is 0.0956. The average molecular weight is 486 g/mol. The third-order valence-corrected chi connectivity index (χ3v) is 6.13. The number of amides is 2. The number of fused-ring (bicyclic) bond motifs is 1. The molecule has 10 nitrogen and oxygen atoms in total. The Morgan fingerprint density at radius 2 is 1.94 bits per heavy atom. The van der Waals surface area contributed by atoms with Crippen molar-refractivity contribution in [3.8, 4) is 5.75 Å². The highest BCUT2D eigenvalue weighted by molar-refractivity contribution is 5.99. The Kier molecular flexibility index (Phi) is 9.53. The van der Waals surface area contributed by atoms with Gasteiger partial charge in [0.2, 0.25) is 5.91 Å². The topological polar surface area (TPSA) is 106 Å². The second-order valence-corrected chi connectivity index (χ2v) is 8.97. The number of anilines is 1. The van der Waals surface area contributed by atoms with E-state index in [-0.39, 0.29) is 36.5 Å². The van der Waals surface area contributed by atoms with Crippen LogP contribution < -0.4 is 10.1 Å². The van der Waals surface area contributed by atoms with Crippen LogP contribution in [0.25, 0.3) is 0 Å². The summed E-state index contributed by atoms with van der Waals surface area (Å²) in [5, 5.41) is 2.75. The zero-order valence-electron chi connectivity index (χ0n) is 21.1. The number of rotatable bonds is 6. The van der Waals surface area contributed by atoms with Gasteiger partial charge in [-0.2, -0.15) is 0 Å². The molecule has 0 fully saturated rings. The Hall–Kier alpha value is -3.08. The summed E-state index contributed by atoms with van der Waals surface area (Å²) in [5.41, 5.74) is 1.89. The van der Waals surface area contributed by atoms with Crippen LogP contribution in [0.5, 0.6) is 5.75 Å². The molecule has 2 amide bonds. The fraction of sp³-hybridized carbons (Fsp3) is 0.520. The second kappa shape index (κ2) is 12.6. The molecule has 35 heavy (non-hydrogen) atoms. The lowest BCUT2D eigenvalue weighted by Crippen LogP contribution is -2.46. The number of aromatic nitrogens is 2. The molecule has 3 atom stereocenters. The standard InChI is InChI=1S/C25H35N5O5/c1-17-11-30(12-19-9-26-16-27-10-19)18(2)14-35-22-7-6-20(28-24(31)15-33-4)8-21(22)25(32)29(3)13-23(17)34-5/h6-10,16-18,23H,11-15H2,1-5H3,(H,28,31)/t17-,18+,23+/m1/s1. The van der Waals surface area contributed by atoms with Crippen molar-refractivity contribution in [2.75, 3.05) is 52.9 Å². The van der Waals surface area contributed by atoms with Crippen LogP contribution in [0.4, 0.5) is 5.69 Å². The number of ether oxygens (including phenoxy) is 3. The van der Waals surface area contributed by atoms with Crippen LogP contribution in [0.15, 0.2) is 36.9 Å². The Labute approximate surface area is 206 Å². The predicted octanol–water partition coefficient (Wildman–Crippen LogP) is 2.07. The Morgan fingerprint density at radius 3 is 2.63 bits per heavy atom. The van der Waals surface area contributed by atoms with Gasteiger partial charge in [-0.05, 0) is 31.0 Å². The molecule has 1 aliphatic heterocycles. The molecule has 0 spiro atoms. The maximum absolute atomic E-state index is 13.4. The summed E-state index contributed by atoms with van der Waals surface area (Å²) < 4.78 is 16.8. The van der Waals surface area contributed by atoms with Crippen LogP contribution in [0.3, 0.4) is 0 Å². The number of methoxy groups -OCH3 is 2. The zero-order chi connectivity index (χ0) is 25.4. The van der Waals surface area contributed by atoms with Crippen LogP contribution in [0, 0.1) is 5.92 Å². The van der Waals surface area contributed by atoms with Gasteiger partial charge in [0, 0.05) is 70.6 Å². The van der Waals surface area contributed by atoms with E-state index in [4.69, 9.17) is 14.2 Å². The molecule has 1 aromatic carbocycles. The summed E-state index contributed by atoms with van der Waals surface area (Å²) >= 11 is 0. The third kappa shape index (κ3) is 7.20. The van der Waals surface area contributed by atoms with Crippen LogP contribution >= 0.6 is 0 Å². The monoisotopic (exact) mass is 485 g/mol. The molecule has 2 aromatic rings. The Balaban J connectivity index is 1.92. The van der Waals surface area contributed by atoms with Gasteiger partial charge < -0.3 is 24.4 Å². The van der Waals surface area contributed by atoms with Crippen LogP contribution in [0.2, 0.25) is 0 Å². The highest BCUT2D eigenvalue weighted by Crippen LogP contribution is 2.26. The number of likely N-dealkylation sites (N-methyl/N-ethyl adjacent to an activating group) is 1. The molecule has 1 aromatic heterocycles. The summed E-state index contributed by atoms with van der Waals surface area (Å²) in [4.78, 5) is 37.6. The van der Waals surface area contributed by atoms with E-state index >= 15 is 0 Å². The smallest absolute Gasteiger partial charge is 0.257 e. The number of nitrogens with zero attached hydrogens (tertiary/aromatic N) is 4. The van der Waals surface area contributed by atoms with Crippen molar-refractivity contribution in [2.24, 2.45) is 5.92 Å². The first-order valence-corrected chi connectivity index (χ1v) is 11.6. The number of nitrogens with one attached hydrogen (secondary N) is 1. The van der Waals surface area contributed by atoms with E-state index in [2.05, 4.69) is 34.0 Å². The molecular formula is C25H35N5O5. The van der Waals surface area contributed by atoms with Crippen molar-refractivity contribution in [3.05, 3.63) is 48.0 Å². The van der Waals surface area contributed by atoms with Crippen molar-refractivity contribution >= 4 is 17.5 Å². The van der Waals surface area contributed by atoms with Crippen molar-refractivity contribution < 1.29 is 23.8 Å². The highest BCUT2D eigenvalue weighted by Gasteiger charge is 2.28. The van der Waals surface area contributed by atoms with Crippen LogP contribution in [-0.4, -0.2) is 91.3 Å². The molecular weight excluding hydrogens is 450 g/mol. The van der Waals surface area contributed by atoms with E-state index in [0.717, 1.165) is 12.1 Å². The maximum atomic E-state index is 13.4. The quantitative estimate of drug-likeness (QED) is 0.663. The zero-order valence-corrected chi connectivity index (χ0v) is 21.1. The molecule has 10 heteroatoms. The molecule has 0 saturated heterocycles. The fourth-order valence-electron chi connectivity index (χ4n) is 4.12. The van der Waals surface area contributed by atoms with Crippen molar-refractivity contribution in [2.45, 2.75) is 32.5 Å². The number of carbonyl (C=O) groups is 2.